The summed E-state index contributed by atoms with van der Waals surface area (Å²) in [6.45, 7) is 0. The second-order valence-corrected chi connectivity index (χ2v) is 7.12. The smallest absolute Gasteiger partial charge is 0.262 e. The van der Waals surface area contributed by atoms with E-state index in [0.717, 1.165) is 0 Å². The van der Waals surface area contributed by atoms with Gasteiger partial charge in [0.25, 0.3) is 10.0 Å². The summed E-state index contributed by atoms with van der Waals surface area (Å²) in [5, 5.41) is 4.72. The summed E-state index contributed by atoms with van der Waals surface area (Å²) in [5.41, 5.74) is 0.778. The van der Waals surface area contributed by atoms with E-state index in [0.29, 0.717) is 15.7 Å². The number of aromatic nitrogens is 3. The third kappa shape index (κ3) is 3.47. The second-order valence-electron chi connectivity index (χ2n) is 4.56. The van der Waals surface area contributed by atoms with Crippen LogP contribution in [0.5, 0.6) is 0 Å². The van der Waals surface area contributed by atoms with Crippen LogP contribution in [0.15, 0.2) is 60.0 Å². The molecule has 0 radical (unpaired) electrons. The molecule has 0 fully saturated rings. The van der Waals surface area contributed by atoms with Gasteiger partial charge in [0.15, 0.2) is 0 Å². The zero-order valence-corrected chi connectivity index (χ0v) is 13.8. The summed E-state index contributed by atoms with van der Waals surface area (Å²) < 4.78 is 29.0. The molecule has 9 heteroatoms. The number of hydrogen-bond acceptors (Lipinski definition) is 4. The zero-order chi connectivity index (χ0) is 16.4. The van der Waals surface area contributed by atoms with Crippen LogP contribution in [0, 0.1) is 0 Å². The Balaban J connectivity index is 2.04. The average Bonchev–Trinajstić information content (AvgIpc) is 3.01. The highest BCUT2D eigenvalue weighted by molar-refractivity contribution is 7.92. The van der Waals surface area contributed by atoms with Gasteiger partial charge in [-0.15, -0.1) is 0 Å². The summed E-state index contributed by atoms with van der Waals surface area (Å²) in [6, 6.07) is 10.8. The summed E-state index contributed by atoms with van der Waals surface area (Å²) in [5.74, 6) is 0. The van der Waals surface area contributed by atoms with Crippen LogP contribution in [-0.2, 0) is 10.0 Å². The Hall–Kier alpha value is -2.09. The Morgan fingerprint density at radius 2 is 1.83 bits per heavy atom. The first kappa shape index (κ1) is 15.8. The number of anilines is 1. The van der Waals surface area contributed by atoms with Gasteiger partial charge in [-0.2, -0.15) is 5.10 Å². The van der Waals surface area contributed by atoms with E-state index in [4.69, 9.17) is 23.2 Å². The molecule has 3 rings (SSSR count). The van der Waals surface area contributed by atoms with Crippen molar-refractivity contribution in [1.29, 1.82) is 0 Å². The van der Waals surface area contributed by atoms with Crippen molar-refractivity contribution in [2.75, 3.05) is 4.72 Å². The molecular formula is C14H10Cl2N4O2S. The molecule has 0 aliphatic rings. The summed E-state index contributed by atoms with van der Waals surface area (Å²) in [7, 11) is -3.82. The van der Waals surface area contributed by atoms with Crippen molar-refractivity contribution in [2.45, 2.75) is 4.90 Å². The maximum Gasteiger partial charge on any atom is 0.262 e. The topological polar surface area (TPSA) is 76.9 Å². The quantitative estimate of drug-likeness (QED) is 0.765. The molecule has 0 atom stereocenters. The molecule has 0 spiro atoms. The molecular weight excluding hydrogens is 359 g/mol. The molecule has 2 aromatic carbocycles. The fourth-order valence-electron chi connectivity index (χ4n) is 1.96. The van der Waals surface area contributed by atoms with Crippen LogP contribution in [0.3, 0.4) is 0 Å². The summed E-state index contributed by atoms with van der Waals surface area (Å²) >= 11 is 11.8. The van der Waals surface area contributed by atoms with Gasteiger partial charge in [0, 0.05) is 10.0 Å². The molecule has 0 bridgehead atoms. The number of benzene rings is 2. The molecule has 1 aromatic heterocycles. The van der Waals surface area contributed by atoms with E-state index in [-0.39, 0.29) is 10.6 Å². The van der Waals surface area contributed by atoms with Gasteiger partial charge in [-0.05, 0) is 36.4 Å². The number of halogens is 2. The first-order valence-electron chi connectivity index (χ1n) is 6.39. The first-order chi connectivity index (χ1) is 11.0. The highest BCUT2D eigenvalue weighted by Crippen LogP contribution is 2.27. The predicted octanol–water partition coefficient (Wildman–Crippen LogP) is 3.37. The van der Waals surface area contributed by atoms with Gasteiger partial charge < -0.3 is 0 Å². The van der Waals surface area contributed by atoms with Crippen LogP contribution < -0.4 is 4.72 Å². The molecule has 0 saturated carbocycles. The van der Waals surface area contributed by atoms with E-state index < -0.39 is 10.0 Å². The van der Waals surface area contributed by atoms with Gasteiger partial charge >= 0.3 is 0 Å². The predicted molar refractivity (Wildman–Crippen MR) is 88.6 cm³/mol. The number of nitrogens with zero attached hydrogens (tertiary/aromatic N) is 3. The Bertz CT molecular complexity index is 943. The molecule has 3 aromatic rings. The summed E-state index contributed by atoms with van der Waals surface area (Å²) in [6.07, 6.45) is 2.81. The highest BCUT2D eigenvalue weighted by Gasteiger charge is 2.17. The van der Waals surface area contributed by atoms with Gasteiger partial charge in [-0.1, -0.05) is 29.3 Å². The lowest BCUT2D eigenvalue weighted by Crippen LogP contribution is -2.15. The van der Waals surface area contributed by atoms with E-state index >= 15 is 0 Å². The maximum atomic E-state index is 12.5. The van der Waals surface area contributed by atoms with Crippen LogP contribution in [-0.4, -0.2) is 23.2 Å². The number of sulfonamides is 1. The number of rotatable bonds is 4. The first-order valence-corrected chi connectivity index (χ1v) is 8.62. The third-order valence-corrected chi connectivity index (χ3v) is 4.81. The Morgan fingerprint density at radius 1 is 1.04 bits per heavy atom. The average molecular weight is 369 g/mol. The molecule has 0 amide bonds. The molecule has 118 valence electrons. The number of hydrogen-bond donors (Lipinski definition) is 1. The lowest BCUT2D eigenvalue weighted by Gasteiger charge is -2.13. The van der Waals surface area contributed by atoms with Gasteiger partial charge in [0.1, 0.15) is 12.7 Å². The lowest BCUT2D eigenvalue weighted by atomic mass is 10.3. The fraction of sp³-hybridized carbons (Fsp3) is 0. The van der Waals surface area contributed by atoms with Gasteiger partial charge in [0.05, 0.1) is 16.3 Å². The van der Waals surface area contributed by atoms with Crippen molar-refractivity contribution in [1.82, 2.24) is 14.8 Å². The minimum Gasteiger partial charge on any atom is -0.277 e. The molecule has 0 aliphatic carbocycles. The molecule has 1 heterocycles. The standard InChI is InChI=1S/C14H10Cl2N4O2S/c15-10-2-1-3-12(6-10)23(21,22)19-13-7-11(16)4-5-14(13)20-9-17-8-18-20/h1-9,19H. The molecule has 1 N–H and O–H groups in total. The summed E-state index contributed by atoms with van der Waals surface area (Å²) in [4.78, 5) is 3.90. The SMILES string of the molecule is O=S(=O)(Nc1cc(Cl)ccc1-n1cncn1)c1cccc(Cl)c1. The van der Waals surface area contributed by atoms with Crippen molar-refractivity contribution in [3.8, 4) is 5.69 Å². The van der Waals surface area contributed by atoms with Crippen molar-refractivity contribution >= 4 is 38.9 Å². The van der Waals surface area contributed by atoms with Crippen LogP contribution in [0.4, 0.5) is 5.69 Å². The van der Waals surface area contributed by atoms with Gasteiger partial charge in [0.2, 0.25) is 0 Å². The molecule has 0 aliphatic heterocycles. The van der Waals surface area contributed by atoms with E-state index in [1.54, 1.807) is 24.3 Å². The molecule has 23 heavy (non-hydrogen) atoms. The van der Waals surface area contributed by atoms with Crippen molar-refractivity contribution in [3.05, 3.63) is 65.2 Å². The Labute approximate surface area is 142 Å². The van der Waals surface area contributed by atoms with E-state index in [2.05, 4.69) is 14.8 Å². The minimum atomic E-state index is -3.82. The lowest BCUT2D eigenvalue weighted by molar-refractivity contribution is 0.601. The van der Waals surface area contributed by atoms with Crippen LogP contribution in [0.2, 0.25) is 10.0 Å². The van der Waals surface area contributed by atoms with Crippen LogP contribution in [0.25, 0.3) is 5.69 Å². The minimum absolute atomic E-state index is 0.0505. The van der Waals surface area contributed by atoms with Crippen LogP contribution >= 0.6 is 23.2 Å². The third-order valence-electron chi connectivity index (χ3n) is 2.97. The Morgan fingerprint density at radius 3 is 2.52 bits per heavy atom. The normalized spacial score (nSPS) is 11.4. The van der Waals surface area contributed by atoms with E-state index in [1.165, 1.54) is 35.5 Å². The second kappa shape index (κ2) is 6.19. The largest absolute Gasteiger partial charge is 0.277 e. The van der Waals surface area contributed by atoms with E-state index in [1.807, 2.05) is 0 Å². The monoisotopic (exact) mass is 368 g/mol. The van der Waals surface area contributed by atoms with Crippen molar-refractivity contribution in [3.63, 3.8) is 0 Å². The van der Waals surface area contributed by atoms with Gasteiger partial charge in [-0.3, -0.25) is 4.72 Å². The zero-order valence-electron chi connectivity index (χ0n) is 11.5. The fourth-order valence-corrected chi connectivity index (χ4v) is 3.50. The Kier molecular flexibility index (Phi) is 4.25. The van der Waals surface area contributed by atoms with Gasteiger partial charge in [-0.25, -0.2) is 18.1 Å². The van der Waals surface area contributed by atoms with E-state index in [9.17, 15) is 8.42 Å². The molecule has 6 nitrogen and oxygen atoms in total. The van der Waals surface area contributed by atoms with Crippen molar-refractivity contribution in [2.24, 2.45) is 0 Å². The molecule has 0 unspecified atom stereocenters. The number of nitrogens with one attached hydrogen (secondary N) is 1. The highest BCUT2D eigenvalue weighted by atomic mass is 35.5. The molecule has 0 saturated heterocycles. The maximum absolute atomic E-state index is 12.5. The van der Waals surface area contributed by atoms with Crippen molar-refractivity contribution < 1.29 is 8.42 Å². The van der Waals surface area contributed by atoms with Crippen LogP contribution in [0.1, 0.15) is 0 Å².